The van der Waals surface area contributed by atoms with E-state index in [0.29, 0.717) is 11.2 Å². The van der Waals surface area contributed by atoms with E-state index in [9.17, 15) is 18.0 Å². The molecule has 0 amide bonds. The molecule has 3 heterocycles. The first-order valence-corrected chi connectivity index (χ1v) is 9.34. The molecule has 3 aromatic rings. The number of hydrogen-bond acceptors (Lipinski definition) is 5. The van der Waals surface area contributed by atoms with Crippen molar-refractivity contribution in [2.75, 3.05) is 23.7 Å². The summed E-state index contributed by atoms with van der Waals surface area (Å²) >= 11 is 0. The number of anilines is 3. The molecule has 29 heavy (non-hydrogen) atoms. The maximum absolute atomic E-state index is 13.0. The number of nitrogens with zero attached hydrogens (tertiary/aromatic N) is 1. The Bertz CT molecular complexity index is 1070. The average Bonchev–Trinajstić information content (AvgIpc) is 2.68. The Hall–Kier alpha value is -3.07. The summed E-state index contributed by atoms with van der Waals surface area (Å²) in [7, 11) is 0. The lowest BCUT2D eigenvalue weighted by molar-refractivity contribution is -0.137. The fourth-order valence-electron chi connectivity index (χ4n) is 3.47. The van der Waals surface area contributed by atoms with Crippen LogP contribution in [-0.4, -0.2) is 29.1 Å². The molecule has 152 valence electrons. The van der Waals surface area contributed by atoms with E-state index < -0.39 is 11.7 Å². The molecule has 2 aromatic heterocycles. The third kappa shape index (κ3) is 4.34. The molecule has 0 spiro atoms. The zero-order valence-electron chi connectivity index (χ0n) is 15.4. The van der Waals surface area contributed by atoms with Crippen LogP contribution in [-0.2, 0) is 6.18 Å². The van der Waals surface area contributed by atoms with Crippen LogP contribution in [0.4, 0.5) is 30.5 Å². The summed E-state index contributed by atoms with van der Waals surface area (Å²) in [4.78, 5) is 19.5. The zero-order chi connectivity index (χ0) is 20.4. The van der Waals surface area contributed by atoms with E-state index in [1.807, 2.05) is 0 Å². The van der Waals surface area contributed by atoms with E-state index in [0.717, 1.165) is 38.1 Å². The molecule has 0 radical (unpaired) electrons. The lowest BCUT2D eigenvalue weighted by Crippen LogP contribution is -2.38. The summed E-state index contributed by atoms with van der Waals surface area (Å²) in [6.45, 7) is 1.77. The number of benzene rings is 1. The molecule has 1 aromatic carbocycles. The smallest absolute Gasteiger partial charge is 0.366 e. The topological polar surface area (TPSA) is 81.8 Å². The van der Waals surface area contributed by atoms with Gasteiger partial charge in [0, 0.05) is 24.5 Å². The molecule has 1 saturated heterocycles. The highest BCUT2D eigenvalue weighted by atomic mass is 19.4. The number of rotatable bonds is 4. The highest BCUT2D eigenvalue weighted by Gasteiger charge is 2.30. The SMILES string of the molecule is O=c1[nH]ccc2cc(NC3CCCNC3)nc(Nc3cccc(C(F)(F)F)c3)c12. The van der Waals surface area contributed by atoms with Gasteiger partial charge < -0.3 is 20.9 Å². The van der Waals surface area contributed by atoms with Gasteiger partial charge in [0.1, 0.15) is 11.6 Å². The number of halogens is 3. The minimum Gasteiger partial charge on any atom is -0.366 e. The van der Waals surface area contributed by atoms with Crippen LogP contribution < -0.4 is 21.5 Å². The Kier molecular flexibility index (Phi) is 5.14. The fraction of sp³-hybridized carbons (Fsp3) is 0.300. The lowest BCUT2D eigenvalue weighted by atomic mass is 10.1. The molecule has 9 heteroatoms. The van der Waals surface area contributed by atoms with E-state index in [-0.39, 0.29) is 28.5 Å². The Balaban J connectivity index is 1.73. The first kappa shape index (κ1) is 19.3. The molecule has 4 N–H and O–H groups in total. The number of alkyl halides is 3. The van der Waals surface area contributed by atoms with Gasteiger partial charge in [-0.05, 0) is 55.1 Å². The number of nitrogens with one attached hydrogen (secondary N) is 4. The molecule has 1 unspecified atom stereocenters. The second kappa shape index (κ2) is 7.75. The molecule has 4 rings (SSSR count). The second-order valence-electron chi connectivity index (χ2n) is 7.02. The first-order chi connectivity index (χ1) is 13.9. The minimum atomic E-state index is -4.46. The number of piperidine rings is 1. The van der Waals surface area contributed by atoms with Gasteiger partial charge in [0.25, 0.3) is 5.56 Å². The summed E-state index contributed by atoms with van der Waals surface area (Å²) in [5.74, 6) is 0.765. The van der Waals surface area contributed by atoms with Crippen LogP contribution in [0.3, 0.4) is 0 Å². The summed E-state index contributed by atoms with van der Waals surface area (Å²) in [6, 6.07) is 8.51. The van der Waals surface area contributed by atoms with E-state index in [2.05, 4.69) is 25.9 Å². The summed E-state index contributed by atoms with van der Waals surface area (Å²) in [5, 5.41) is 10.5. The van der Waals surface area contributed by atoms with Gasteiger partial charge in [-0.3, -0.25) is 4.79 Å². The van der Waals surface area contributed by atoms with E-state index in [1.165, 1.54) is 18.3 Å². The van der Waals surface area contributed by atoms with Gasteiger partial charge in [-0.2, -0.15) is 13.2 Å². The van der Waals surface area contributed by atoms with Gasteiger partial charge in [0.15, 0.2) is 0 Å². The van der Waals surface area contributed by atoms with E-state index >= 15 is 0 Å². The van der Waals surface area contributed by atoms with Crippen molar-refractivity contribution in [3.8, 4) is 0 Å². The van der Waals surface area contributed by atoms with Gasteiger partial charge in [-0.25, -0.2) is 4.98 Å². The summed E-state index contributed by atoms with van der Waals surface area (Å²) in [6.07, 6.45) is -0.897. The number of pyridine rings is 2. The van der Waals surface area contributed by atoms with Crippen molar-refractivity contribution in [2.24, 2.45) is 0 Å². The molecule has 1 fully saturated rings. The third-order valence-corrected chi connectivity index (χ3v) is 4.86. The fourth-order valence-corrected chi connectivity index (χ4v) is 3.47. The normalized spacial score (nSPS) is 17.3. The molecule has 6 nitrogen and oxygen atoms in total. The maximum atomic E-state index is 13.0. The number of hydrogen-bond donors (Lipinski definition) is 4. The van der Waals surface area contributed by atoms with Gasteiger partial charge >= 0.3 is 6.18 Å². The van der Waals surface area contributed by atoms with Crippen LogP contribution in [0, 0.1) is 0 Å². The molecule has 1 aliphatic rings. The van der Waals surface area contributed by atoms with Crippen molar-refractivity contribution in [3.05, 3.63) is 58.5 Å². The highest BCUT2D eigenvalue weighted by Crippen LogP contribution is 2.32. The van der Waals surface area contributed by atoms with Crippen molar-refractivity contribution in [1.82, 2.24) is 15.3 Å². The number of aromatic amines is 1. The molecule has 1 atom stereocenters. The monoisotopic (exact) mass is 403 g/mol. The first-order valence-electron chi connectivity index (χ1n) is 9.34. The average molecular weight is 403 g/mol. The molecule has 0 bridgehead atoms. The quantitative estimate of drug-likeness (QED) is 0.532. The van der Waals surface area contributed by atoms with Crippen LogP contribution in [0.25, 0.3) is 10.8 Å². The van der Waals surface area contributed by atoms with Crippen LogP contribution >= 0.6 is 0 Å². The molecular formula is C20H20F3N5O. The van der Waals surface area contributed by atoms with Gasteiger partial charge in [0.2, 0.25) is 0 Å². The van der Waals surface area contributed by atoms with Crippen molar-refractivity contribution in [1.29, 1.82) is 0 Å². The van der Waals surface area contributed by atoms with E-state index in [1.54, 1.807) is 12.1 Å². The Morgan fingerprint density at radius 2 is 2.03 bits per heavy atom. The number of aromatic nitrogens is 2. The molecule has 0 aliphatic carbocycles. The van der Waals surface area contributed by atoms with Crippen molar-refractivity contribution in [3.63, 3.8) is 0 Å². The Labute approximate surface area is 164 Å². The number of H-pyrrole nitrogens is 1. The second-order valence-corrected chi connectivity index (χ2v) is 7.02. The standard InChI is InChI=1S/C20H20F3N5O/c21-20(22,23)13-3-1-4-14(10-13)27-18-17-12(6-8-25-19(17)29)9-16(28-18)26-15-5-2-7-24-11-15/h1,3-4,6,8-10,15,24H,2,5,7,11H2,(H,25,29)(H2,26,27,28). The summed E-state index contributed by atoms with van der Waals surface area (Å²) < 4.78 is 39.1. The van der Waals surface area contributed by atoms with E-state index in [4.69, 9.17) is 0 Å². The van der Waals surface area contributed by atoms with Crippen molar-refractivity contribution in [2.45, 2.75) is 25.1 Å². The minimum absolute atomic E-state index is 0.192. The van der Waals surface area contributed by atoms with Crippen molar-refractivity contribution < 1.29 is 13.2 Å². The predicted molar refractivity (Wildman–Crippen MR) is 107 cm³/mol. The van der Waals surface area contributed by atoms with Gasteiger partial charge in [-0.15, -0.1) is 0 Å². The number of fused-ring (bicyclic) bond motifs is 1. The largest absolute Gasteiger partial charge is 0.416 e. The molecular weight excluding hydrogens is 383 g/mol. The van der Waals surface area contributed by atoms with Crippen molar-refractivity contribution >= 4 is 28.1 Å². The Morgan fingerprint density at radius 1 is 1.17 bits per heavy atom. The summed E-state index contributed by atoms with van der Waals surface area (Å²) in [5.41, 5.74) is -0.938. The lowest BCUT2D eigenvalue weighted by Gasteiger charge is -2.24. The van der Waals surface area contributed by atoms with Crippen LogP contribution in [0.2, 0.25) is 0 Å². The molecule has 1 aliphatic heterocycles. The zero-order valence-corrected chi connectivity index (χ0v) is 15.4. The van der Waals surface area contributed by atoms with Crippen LogP contribution in [0.5, 0.6) is 0 Å². The van der Waals surface area contributed by atoms with Crippen LogP contribution in [0.15, 0.2) is 47.4 Å². The van der Waals surface area contributed by atoms with Gasteiger partial charge in [-0.1, -0.05) is 6.07 Å². The molecule has 0 saturated carbocycles. The Morgan fingerprint density at radius 3 is 2.79 bits per heavy atom. The van der Waals surface area contributed by atoms with Crippen LogP contribution in [0.1, 0.15) is 18.4 Å². The highest BCUT2D eigenvalue weighted by molar-refractivity contribution is 5.94. The maximum Gasteiger partial charge on any atom is 0.416 e. The predicted octanol–water partition coefficient (Wildman–Crippen LogP) is 3.85. The van der Waals surface area contributed by atoms with Gasteiger partial charge in [0.05, 0.1) is 10.9 Å². The third-order valence-electron chi connectivity index (χ3n) is 4.86.